The van der Waals surface area contributed by atoms with Crippen molar-refractivity contribution in [3.05, 3.63) is 96.7 Å². The number of thiocarbonyl (C=S) groups is 1. The number of benzene rings is 2. The monoisotopic (exact) mass is 597 g/mol. The standard InChI is InChI=1S/C27H17Cl2N3O5S2/c1-14-3-2-8-31-23(14)30-24(37-19-7-5-16(28)10-18(19)29)17(25(31)33)11-22-26(34)32(27(38)39-22)12-15-4-6-20-21(9-15)36-13-35-20/h2-11H,12-13H2,1H3/b22-11+. The van der Waals surface area contributed by atoms with Gasteiger partial charge in [0.15, 0.2) is 11.5 Å². The van der Waals surface area contributed by atoms with Gasteiger partial charge in [-0.15, -0.1) is 0 Å². The second kappa shape index (κ2) is 10.2. The molecule has 0 atom stereocenters. The topological polar surface area (TPSA) is 82.4 Å². The van der Waals surface area contributed by atoms with E-state index in [0.29, 0.717) is 26.5 Å². The van der Waals surface area contributed by atoms with E-state index in [9.17, 15) is 9.59 Å². The smallest absolute Gasteiger partial charge is 0.269 e. The normalized spacial score (nSPS) is 15.6. The summed E-state index contributed by atoms with van der Waals surface area (Å²) in [6, 6.07) is 13.8. The minimum Gasteiger partial charge on any atom is -0.454 e. The molecular weight excluding hydrogens is 581 g/mol. The molecule has 1 saturated heterocycles. The number of carbonyl (C=O) groups excluding carboxylic acids is 1. The van der Waals surface area contributed by atoms with Crippen LogP contribution in [0.2, 0.25) is 10.0 Å². The van der Waals surface area contributed by atoms with Crippen molar-refractivity contribution >= 4 is 69.1 Å². The van der Waals surface area contributed by atoms with Crippen LogP contribution in [-0.2, 0) is 11.3 Å². The molecular formula is C27H17Cl2N3O5S2. The van der Waals surface area contributed by atoms with Crippen LogP contribution < -0.4 is 19.8 Å². The van der Waals surface area contributed by atoms with Gasteiger partial charge in [0, 0.05) is 11.2 Å². The van der Waals surface area contributed by atoms with E-state index in [2.05, 4.69) is 4.98 Å². The minimum absolute atomic E-state index is 0.000406. The van der Waals surface area contributed by atoms with Crippen molar-refractivity contribution in [1.82, 2.24) is 14.3 Å². The first-order valence-electron chi connectivity index (χ1n) is 11.6. The van der Waals surface area contributed by atoms with Crippen molar-refractivity contribution < 1.29 is 19.0 Å². The summed E-state index contributed by atoms with van der Waals surface area (Å²) in [5.41, 5.74) is 1.66. The molecule has 2 aliphatic rings. The molecule has 2 aliphatic heterocycles. The number of halogens is 2. The fraction of sp³-hybridized carbons (Fsp3) is 0.111. The molecule has 2 aromatic heterocycles. The lowest BCUT2D eigenvalue weighted by Gasteiger charge is -2.15. The molecule has 4 aromatic rings. The number of aryl methyl sites for hydroxylation is 1. The Morgan fingerprint density at radius 3 is 2.77 bits per heavy atom. The Hall–Kier alpha value is -3.57. The van der Waals surface area contributed by atoms with Crippen LogP contribution >= 0.6 is 47.2 Å². The van der Waals surface area contributed by atoms with Gasteiger partial charge in [-0.3, -0.25) is 18.9 Å². The molecule has 0 spiro atoms. The number of pyridine rings is 1. The second-order valence-corrected chi connectivity index (χ2v) is 11.2. The highest BCUT2D eigenvalue weighted by Gasteiger charge is 2.33. The molecule has 0 N–H and O–H groups in total. The molecule has 1 fully saturated rings. The predicted molar refractivity (Wildman–Crippen MR) is 154 cm³/mol. The van der Waals surface area contributed by atoms with Crippen LogP contribution in [0.4, 0.5) is 0 Å². The highest BCUT2D eigenvalue weighted by atomic mass is 35.5. The summed E-state index contributed by atoms with van der Waals surface area (Å²) >= 11 is 19.0. The Morgan fingerprint density at radius 2 is 1.95 bits per heavy atom. The number of ether oxygens (including phenoxy) is 3. The predicted octanol–water partition coefficient (Wildman–Crippen LogP) is 6.23. The number of fused-ring (bicyclic) bond motifs is 2. The van der Waals surface area contributed by atoms with Crippen LogP contribution in [0.25, 0.3) is 11.7 Å². The van der Waals surface area contributed by atoms with E-state index in [0.717, 1.165) is 22.9 Å². The van der Waals surface area contributed by atoms with Crippen LogP contribution in [0.15, 0.2) is 64.4 Å². The first-order chi connectivity index (χ1) is 18.8. The van der Waals surface area contributed by atoms with Gasteiger partial charge in [-0.25, -0.2) is 0 Å². The highest BCUT2D eigenvalue weighted by Crippen LogP contribution is 2.38. The van der Waals surface area contributed by atoms with Gasteiger partial charge in [0.05, 0.1) is 16.5 Å². The van der Waals surface area contributed by atoms with E-state index < -0.39 is 5.56 Å². The third-order valence-electron chi connectivity index (χ3n) is 6.08. The molecule has 1 amide bonds. The zero-order valence-electron chi connectivity index (χ0n) is 20.1. The van der Waals surface area contributed by atoms with E-state index in [1.807, 2.05) is 25.1 Å². The Balaban J connectivity index is 1.40. The molecule has 0 radical (unpaired) electrons. The molecule has 6 rings (SSSR count). The van der Waals surface area contributed by atoms with Gasteiger partial charge >= 0.3 is 0 Å². The van der Waals surface area contributed by atoms with Gasteiger partial charge < -0.3 is 14.2 Å². The number of rotatable bonds is 5. The minimum atomic E-state index is -0.412. The number of aromatic nitrogens is 2. The number of amides is 1. The number of thioether (sulfide) groups is 1. The van der Waals surface area contributed by atoms with Crippen LogP contribution in [0.5, 0.6) is 23.1 Å². The Morgan fingerprint density at radius 1 is 1.13 bits per heavy atom. The lowest BCUT2D eigenvalue weighted by molar-refractivity contribution is -0.122. The summed E-state index contributed by atoms with van der Waals surface area (Å²) < 4.78 is 18.6. The molecule has 0 aliphatic carbocycles. The molecule has 0 bridgehead atoms. The molecule has 196 valence electrons. The van der Waals surface area contributed by atoms with Crippen LogP contribution in [0, 0.1) is 6.92 Å². The van der Waals surface area contributed by atoms with Gasteiger partial charge in [-0.05, 0) is 60.5 Å². The molecule has 39 heavy (non-hydrogen) atoms. The van der Waals surface area contributed by atoms with E-state index >= 15 is 0 Å². The van der Waals surface area contributed by atoms with Gasteiger partial charge in [0.1, 0.15) is 21.3 Å². The largest absolute Gasteiger partial charge is 0.454 e. The Bertz CT molecular complexity index is 1790. The van der Waals surface area contributed by atoms with E-state index in [-0.39, 0.29) is 46.4 Å². The maximum absolute atomic E-state index is 13.6. The molecule has 4 heterocycles. The van der Waals surface area contributed by atoms with Crippen LogP contribution in [-0.4, -0.2) is 31.3 Å². The molecule has 0 unspecified atom stereocenters. The third kappa shape index (κ3) is 4.85. The molecule has 0 saturated carbocycles. The van der Waals surface area contributed by atoms with Crippen LogP contribution in [0.1, 0.15) is 16.7 Å². The first-order valence-corrected chi connectivity index (χ1v) is 13.6. The van der Waals surface area contributed by atoms with Crippen molar-refractivity contribution in [2.75, 3.05) is 6.79 Å². The molecule has 2 aromatic carbocycles. The maximum Gasteiger partial charge on any atom is 0.269 e. The number of nitrogens with zero attached hydrogens (tertiary/aromatic N) is 3. The van der Waals surface area contributed by atoms with Crippen molar-refractivity contribution in [2.24, 2.45) is 0 Å². The van der Waals surface area contributed by atoms with Crippen molar-refractivity contribution in [2.45, 2.75) is 13.5 Å². The van der Waals surface area contributed by atoms with E-state index in [1.54, 1.807) is 30.5 Å². The maximum atomic E-state index is 13.6. The fourth-order valence-corrected chi connectivity index (χ4v) is 5.83. The van der Waals surface area contributed by atoms with E-state index in [4.69, 9.17) is 49.6 Å². The lowest BCUT2D eigenvalue weighted by atomic mass is 10.2. The van der Waals surface area contributed by atoms with Gasteiger partial charge in [-0.2, -0.15) is 4.98 Å². The summed E-state index contributed by atoms with van der Waals surface area (Å²) in [6.07, 6.45) is 3.07. The zero-order valence-corrected chi connectivity index (χ0v) is 23.3. The van der Waals surface area contributed by atoms with E-state index in [1.165, 1.54) is 21.4 Å². The van der Waals surface area contributed by atoms with Crippen molar-refractivity contribution in [3.63, 3.8) is 0 Å². The molecule has 12 heteroatoms. The Kier molecular flexibility index (Phi) is 6.72. The summed E-state index contributed by atoms with van der Waals surface area (Å²) in [5.74, 6) is 1.18. The number of hydrogen-bond acceptors (Lipinski definition) is 8. The first kappa shape index (κ1) is 25.7. The molecule has 8 nitrogen and oxygen atoms in total. The van der Waals surface area contributed by atoms with Gasteiger partial charge in [-0.1, -0.05) is 59.3 Å². The average Bonchev–Trinajstić information content (AvgIpc) is 3.48. The summed E-state index contributed by atoms with van der Waals surface area (Å²) in [7, 11) is 0. The SMILES string of the molecule is Cc1cccn2c(=O)c(/C=C3/SC(=S)N(Cc4ccc5c(c4)OCO5)C3=O)c(Oc3ccc(Cl)cc3Cl)nc12. The summed E-state index contributed by atoms with van der Waals surface area (Å²) in [6.45, 7) is 2.22. The lowest BCUT2D eigenvalue weighted by Crippen LogP contribution is -2.27. The fourth-order valence-electron chi connectivity index (χ4n) is 4.14. The van der Waals surface area contributed by atoms with Gasteiger partial charge in [0.2, 0.25) is 12.7 Å². The van der Waals surface area contributed by atoms with Crippen molar-refractivity contribution in [1.29, 1.82) is 0 Å². The Labute approximate surface area is 241 Å². The van der Waals surface area contributed by atoms with Gasteiger partial charge in [0.25, 0.3) is 11.5 Å². The average molecular weight is 598 g/mol. The summed E-state index contributed by atoms with van der Waals surface area (Å²) in [4.78, 5) is 33.4. The third-order valence-corrected chi connectivity index (χ3v) is 7.98. The highest BCUT2D eigenvalue weighted by molar-refractivity contribution is 8.26. The summed E-state index contributed by atoms with van der Waals surface area (Å²) in [5, 5.41) is 0.677. The number of hydrogen-bond donors (Lipinski definition) is 0. The quantitative estimate of drug-likeness (QED) is 0.198. The van der Waals surface area contributed by atoms with Crippen LogP contribution in [0.3, 0.4) is 0 Å². The zero-order chi connectivity index (χ0) is 27.3. The second-order valence-electron chi connectivity index (χ2n) is 8.65. The van der Waals surface area contributed by atoms with Crippen molar-refractivity contribution in [3.8, 4) is 23.1 Å². The number of carbonyl (C=O) groups is 1.